The molecule has 0 spiro atoms. The van der Waals surface area contributed by atoms with Crippen molar-refractivity contribution in [3.8, 4) is 0 Å². The van der Waals surface area contributed by atoms with Crippen LogP contribution in [0.2, 0.25) is 0 Å². The smallest absolute Gasteiger partial charge is 0.320 e. The van der Waals surface area contributed by atoms with E-state index in [0.717, 1.165) is 43.6 Å². The second kappa shape index (κ2) is 5.74. The van der Waals surface area contributed by atoms with Crippen LogP contribution in [0.5, 0.6) is 0 Å². The Bertz CT molecular complexity index is 468. The SMILES string of the molecule is Cc1nn(C)c(C)c1CN1CCCCCC1C(=O)O. The lowest BCUT2D eigenvalue weighted by Crippen LogP contribution is -2.40. The quantitative estimate of drug-likeness (QED) is 0.906. The fraction of sp³-hybridized carbons (Fsp3) is 0.714. The molecule has 1 saturated heterocycles. The van der Waals surface area contributed by atoms with Crippen LogP contribution in [0.25, 0.3) is 0 Å². The third-order valence-corrected chi connectivity index (χ3v) is 4.17. The second-order valence-corrected chi connectivity index (χ2v) is 5.45. The van der Waals surface area contributed by atoms with Crippen LogP contribution >= 0.6 is 0 Å². The summed E-state index contributed by atoms with van der Waals surface area (Å²) in [6.07, 6.45) is 3.99. The number of rotatable bonds is 3. The number of carboxylic acids is 1. The minimum atomic E-state index is -0.693. The number of carbonyl (C=O) groups is 1. The molecule has 1 unspecified atom stereocenters. The summed E-state index contributed by atoms with van der Waals surface area (Å²) in [6.45, 7) is 5.60. The third kappa shape index (κ3) is 2.97. The molecular formula is C14H23N3O2. The molecule has 0 aromatic carbocycles. The number of nitrogens with zero attached hydrogens (tertiary/aromatic N) is 3. The summed E-state index contributed by atoms with van der Waals surface area (Å²) in [5.74, 6) is -0.693. The van der Waals surface area contributed by atoms with E-state index in [1.807, 2.05) is 25.6 Å². The molecule has 0 bridgehead atoms. The Labute approximate surface area is 114 Å². The van der Waals surface area contributed by atoms with Crippen LogP contribution in [0.4, 0.5) is 0 Å². The maximum absolute atomic E-state index is 11.4. The number of aromatic nitrogens is 2. The number of aryl methyl sites for hydroxylation is 2. The minimum absolute atomic E-state index is 0.346. The molecule has 5 heteroatoms. The molecule has 1 N–H and O–H groups in total. The lowest BCUT2D eigenvalue weighted by molar-refractivity contribution is -0.143. The number of hydrogen-bond acceptors (Lipinski definition) is 3. The van der Waals surface area contributed by atoms with Gasteiger partial charge in [0.15, 0.2) is 0 Å². The van der Waals surface area contributed by atoms with Gasteiger partial charge in [-0.05, 0) is 33.2 Å². The molecule has 0 aliphatic carbocycles. The Balaban J connectivity index is 2.21. The van der Waals surface area contributed by atoms with Gasteiger partial charge in [-0.25, -0.2) is 0 Å². The van der Waals surface area contributed by atoms with E-state index >= 15 is 0 Å². The standard InChI is InChI=1S/C14H23N3O2/c1-10-12(11(2)16(3)15-10)9-17-8-6-4-5-7-13(17)14(18)19/h13H,4-9H2,1-3H3,(H,18,19). The largest absolute Gasteiger partial charge is 0.480 e. The van der Waals surface area contributed by atoms with Crippen LogP contribution in [0.15, 0.2) is 0 Å². The Kier molecular flexibility index (Phi) is 4.24. The van der Waals surface area contributed by atoms with E-state index < -0.39 is 5.97 Å². The van der Waals surface area contributed by atoms with Crippen molar-refractivity contribution < 1.29 is 9.90 Å². The molecule has 2 rings (SSSR count). The lowest BCUT2D eigenvalue weighted by Gasteiger charge is -2.26. The summed E-state index contributed by atoms with van der Waals surface area (Å²) in [6, 6.07) is -0.346. The highest BCUT2D eigenvalue weighted by atomic mass is 16.4. The Morgan fingerprint density at radius 1 is 1.37 bits per heavy atom. The van der Waals surface area contributed by atoms with Crippen LogP contribution < -0.4 is 0 Å². The van der Waals surface area contributed by atoms with Crippen molar-refractivity contribution in [1.82, 2.24) is 14.7 Å². The molecule has 106 valence electrons. The molecule has 1 atom stereocenters. The predicted molar refractivity (Wildman–Crippen MR) is 73.0 cm³/mol. The van der Waals surface area contributed by atoms with Crippen molar-refractivity contribution in [3.63, 3.8) is 0 Å². The highest BCUT2D eigenvalue weighted by Gasteiger charge is 2.28. The van der Waals surface area contributed by atoms with Crippen LogP contribution in [0.3, 0.4) is 0 Å². The summed E-state index contributed by atoms with van der Waals surface area (Å²) >= 11 is 0. The molecule has 0 saturated carbocycles. The summed E-state index contributed by atoms with van der Waals surface area (Å²) < 4.78 is 1.87. The van der Waals surface area contributed by atoms with Crippen LogP contribution in [0, 0.1) is 13.8 Å². The predicted octanol–water partition coefficient (Wildman–Crippen LogP) is 1.87. The van der Waals surface area contributed by atoms with Crippen molar-refractivity contribution in [2.24, 2.45) is 7.05 Å². The molecule has 2 heterocycles. The van der Waals surface area contributed by atoms with Gasteiger partial charge in [0.2, 0.25) is 0 Å². The summed E-state index contributed by atoms with van der Waals surface area (Å²) in [4.78, 5) is 13.5. The first-order valence-corrected chi connectivity index (χ1v) is 6.96. The van der Waals surface area contributed by atoms with E-state index in [4.69, 9.17) is 0 Å². The topological polar surface area (TPSA) is 58.4 Å². The van der Waals surface area contributed by atoms with Crippen molar-refractivity contribution in [3.05, 3.63) is 17.0 Å². The first-order valence-electron chi connectivity index (χ1n) is 6.96. The maximum atomic E-state index is 11.4. The first-order chi connectivity index (χ1) is 9.00. The van der Waals surface area contributed by atoms with E-state index in [0.29, 0.717) is 6.54 Å². The van der Waals surface area contributed by atoms with Crippen LogP contribution in [0.1, 0.15) is 42.6 Å². The summed E-state index contributed by atoms with van der Waals surface area (Å²) in [7, 11) is 1.93. The van der Waals surface area contributed by atoms with E-state index in [1.165, 1.54) is 5.56 Å². The van der Waals surface area contributed by atoms with Gasteiger partial charge in [-0.2, -0.15) is 5.10 Å². The number of likely N-dealkylation sites (tertiary alicyclic amines) is 1. The van der Waals surface area contributed by atoms with Gasteiger partial charge >= 0.3 is 5.97 Å². The molecular weight excluding hydrogens is 242 g/mol. The molecule has 1 aliphatic heterocycles. The van der Waals surface area contributed by atoms with Crippen LogP contribution in [-0.2, 0) is 18.4 Å². The highest BCUT2D eigenvalue weighted by molar-refractivity contribution is 5.73. The normalized spacial score (nSPS) is 21.3. The fourth-order valence-corrected chi connectivity index (χ4v) is 2.89. The average molecular weight is 265 g/mol. The zero-order valence-electron chi connectivity index (χ0n) is 12.0. The van der Waals surface area contributed by atoms with Gasteiger partial charge in [-0.3, -0.25) is 14.4 Å². The number of aliphatic carboxylic acids is 1. The van der Waals surface area contributed by atoms with E-state index in [1.54, 1.807) is 0 Å². The Morgan fingerprint density at radius 3 is 2.68 bits per heavy atom. The Morgan fingerprint density at radius 2 is 2.11 bits per heavy atom. The summed E-state index contributed by atoms with van der Waals surface area (Å²) in [5.41, 5.74) is 3.31. The second-order valence-electron chi connectivity index (χ2n) is 5.45. The van der Waals surface area contributed by atoms with Crippen molar-refractivity contribution in [1.29, 1.82) is 0 Å². The van der Waals surface area contributed by atoms with Gasteiger partial charge in [-0.15, -0.1) is 0 Å². The van der Waals surface area contributed by atoms with Crippen molar-refractivity contribution >= 4 is 5.97 Å². The van der Waals surface area contributed by atoms with E-state index in [-0.39, 0.29) is 6.04 Å². The highest BCUT2D eigenvalue weighted by Crippen LogP contribution is 2.22. The van der Waals surface area contributed by atoms with Crippen molar-refractivity contribution in [2.75, 3.05) is 6.54 Å². The first kappa shape index (κ1) is 14.1. The molecule has 1 aromatic rings. The van der Waals surface area contributed by atoms with Crippen LogP contribution in [-0.4, -0.2) is 38.3 Å². The minimum Gasteiger partial charge on any atom is -0.480 e. The molecule has 1 fully saturated rings. The summed E-state index contributed by atoms with van der Waals surface area (Å²) in [5, 5.41) is 13.8. The fourth-order valence-electron chi connectivity index (χ4n) is 2.89. The van der Waals surface area contributed by atoms with Gasteiger partial charge < -0.3 is 5.11 Å². The molecule has 0 amide bonds. The van der Waals surface area contributed by atoms with E-state index in [9.17, 15) is 9.90 Å². The lowest BCUT2D eigenvalue weighted by atomic mass is 10.1. The number of carboxylic acid groups (broad SMARTS) is 1. The van der Waals surface area contributed by atoms with Gasteiger partial charge in [0.05, 0.1) is 5.69 Å². The molecule has 1 aliphatic rings. The molecule has 1 aromatic heterocycles. The molecule has 5 nitrogen and oxygen atoms in total. The maximum Gasteiger partial charge on any atom is 0.320 e. The van der Waals surface area contributed by atoms with Gasteiger partial charge in [0.25, 0.3) is 0 Å². The zero-order chi connectivity index (χ0) is 14.0. The van der Waals surface area contributed by atoms with Gasteiger partial charge in [0.1, 0.15) is 6.04 Å². The Hall–Kier alpha value is -1.36. The monoisotopic (exact) mass is 265 g/mol. The number of hydrogen-bond donors (Lipinski definition) is 1. The third-order valence-electron chi connectivity index (χ3n) is 4.17. The molecule has 19 heavy (non-hydrogen) atoms. The average Bonchev–Trinajstić information content (AvgIpc) is 2.57. The van der Waals surface area contributed by atoms with E-state index in [2.05, 4.69) is 10.00 Å². The van der Waals surface area contributed by atoms with Crippen molar-refractivity contribution in [2.45, 2.75) is 52.1 Å². The van der Waals surface area contributed by atoms with Gasteiger partial charge in [0, 0.05) is 24.8 Å². The van der Waals surface area contributed by atoms with Gasteiger partial charge in [-0.1, -0.05) is 12.8 Å². The molecule has 0 radical (unpaired) electrons. The zero-order valence-corrected chi connectivity index (χ0v) is 12.0.